The lowest BCUT2D eigenvalue weighted by atomic mass is 10.1. The number of anilines is 1. The zero-order valence-electron chi connectivity index (χ0n) is 17.5. The molecule has 4 rings (SSSR count). The Hall–Kier alpha value is -4.18. The van der Waals surface area contributed by atoms with Crippen molar-refractivity contribution < 1.29 is 24.0 Å². The number of hydrogen-bond donors (Lipinski definition) is 2. The van der Waals surface area contributed by atoms with Gasteiger partial charge in [-0.15, -0.1) is 11.3 Å². The molecule has 168 valence electrons. The first kappa shape index (κ1) is 22.0. The zero-order valence-corrected chi connectivity index (χ0v) is 18.3. The van der Waals surface area contributed by atoms with Crippen molar-refractivity contribution in [2.75, 3.05) is 12.1 Å². The minimum absolute atomic E-state index is 0.0735. The molecule has 0 saturated heterocycles. The van der Waals surface area contributed by atoms with Gasteiger partial charge in [0.15, 0.2) is 11.5 Å². The summed E-state index contributed by atoms with van der Waals surface area (Å²) in [5, 5.41) is 14.0. The van der Waals surface area contributed by atoms with Gasteiger partial charge < -0.3 is 20.5 Å². The molecular weight excluding hydrogens is 446 g/mol. The van der Waals surface area contributed by atoms with Crippen LogP contribution < -0.4 is 20.5 Å². The molecule has 1 aliphatic heterocycles. The minimum atomic E-state index is -0.640. The number of thiophene rings is 1. The smallest absolute Gasteiger partial charge is 0.270 e. The number of nitrogens with two attached hydrogens (primary N) is 1. The molecule has 2 heterocycles. The third-order valence-corrected chi connectivity index (χ3v) is 6.25. The quantitative estimate of drug-likeness (QED) is 0.307. The summed E-state index contributed by atoms with van der Waals surface area (Å²) in [6.45, 7) is 1.97. The summed E-state index contributed by atoms with van der Waals surface area (Å²) in [5.41, 5.74) is 7.92. The minimum Gasteiger partial charge on any atom is -0.454 e. The van der Waals surface area contributed by atoms with Crippen molar-refractivity contribution in [3.63, 3.8) is 0 Å². The lowest BCUT2D eigenvalue weighted by Crippen LogP contribution is -2.16. The SMILES string of the molecule is Cc1c(Cc2ccc3c(c2)OCO3)sc(NC(=O)/C=C/c2cccc([N+](=O)[O-])c2)c1C(N)=O. The van der Waals surface area contributed by atoms with Crippen LogP contribution >= 0.6 is 11.3 Å². The van der Waals surface area contributed by atoms with Gasteiger partial charge in [0.05, 0.1) is 10.5 Å². The number of nitrogens with one attached hydrogen (secondary N) is 1. The van der Waals surface area contributed by atoms with Crippen LogP contribution in [0.15, 0.2) is 48.5 Å². The second kappa shape index (κ2) is 9.13. The Balaban J connectivity index is 1.53. The topological polar surface area (TPSA) is 134 Å². The number of carbonyl (C=O) groups is 2. The summed E-state index contributed by atoms with van der Waals surface area (Å²) in [6, 6.07) is 11.5. The Morgan fingerprint density at radius 1 is 1.21 bits per heavy atom. The average molecular weight is 465 g/mol. The van der Waals surface area contributed by atoms with Crippen molar-refractivity contribution in [3.8, 4) is 11.5 Å². The first-order valence-corrected chi connectivity index (χ1v) is 10.7. The average Bonchev–Trinajstić information content (AvgIpc) is 3.36. The number of hydrogen-bond acceptors (Lipinski definition) is 7. The van der Waals surface area contributed by atoms with Crippen LogP contribution in [0, 0.1) is 17.0 Å². The molecule has 0 radical (unpaired) electrons. The highest BCUT2D eigenvalue weighted by Gasteiger charge is 2.21. The number of nitro groups is 1. The predicted octanol–water partition coefficient (Wildman–Crippen LogP) is 4.04. The number of fused-ring (bicyclic) bond motifs is 1. The van der Waals surface area contributed by atoms with E-state index < -0.39 is 16.7 Å². The van der Waals surface area contributed by atoms with Crippen LogP contribution in [-0.2, 0) is 11.2 Å². The van der Waals surface area contributed by atoms with E-state index in [1.165, 1.54) is 41.7 Å². The van der Waals surface area contributed by atoms with Gasteiger partial charge >= 0.3 is 0 Å². The molecule has 1 aliphatic rings. The maximum absolute atomic E-state index is 12.5. The molecule has 0 atom stereocenters. The third-order valence-electron chi connectivity index (χ3n) is 5.04. The number of ether oxygens (including phenoxy) is 2. The van der Waals surface area contributed by atoms with Crippen LogP contribution in [0.4, 0.5) is 10.7 Å². The number of benzene rings is 2. The van der Waals surface area contributed by atoms with Gasteiger partial charge in [-0.25, -0.2) is 0 Å². The van der Waals surface area contributed by atoms with Crippen LogP contribution in [-0.4, -0.2) is 23.5 Å². The Morgan fingerprint density at radius 3 is 2.76 bits per heavy atom. The normalized spacial score (nSPS) is 12.2. The third kappa shape index (κ3) is 4.85. The molecule has 2 aromatic carbocycles. The highest BCUT2D eigenvalue weighted by atomic mass is 32.1. The van der Waals surface area contributed by atoms with E-state index >= 15 is 0 Å². The number of primary amides is 1. The standard InChI is InChI=1S/C23H19N3O6S/c1-13-19(11-15-5-7-17-18(10-15)32-12-31-17)33-23(21(13)22(24)28)25-20(27)8-6-14-3-2-4-16(9-14)26(29)30/h2-10H,11-12H2,1H3,(H2,24,28)(H,25,27)/b8-6+. The molecule has 0 aliphatic carbocycles. The molecular formula is C23H19N3O6S. The number of non-ortho nitro benzene ring substituents is 1. The largest absolute Gasteiger partial charge is 0.454 e. The molecule has 33 heavy (non-hydrogen) atoms. The van der Waals surface area contributed by atoms with Crippen LogP contribution in [0.1, 0.15) is 31.9 Å². The van der Waals surface area contributed by atoms with E-state index in [1.54, 1.807) is 13.0 Å². The molecule has 0 unspecified atom stereocenters. The van der Waals surface area contributed by atoms with E-state index in [4.69, 9.17) is 15.2 Å². The predicted molar refractivity (Wildman–Crippen MR) is 124 cm³/mol. The van der Waals surface area contributed by atoms with E-state index in [0.717, 1.165) is 10.4 Å². The molecule has 2 amide bonds. The number of carbonyl (C=O) groups excluding carboxylic acids is 2. The molecule has 0 saturated carbocycles. The molecule has 10 heteroatoms. The highest BCUT2D eigenvalue weighted by molar-refractivity contribution is 7.17. The summed E-state index contributed by atoms with van der Waals surface area (Å²) in [6.07, 6.45) is 3.23. The number of nitrogens with zero attached hydrogens (tertiary/aromatic N) is 1. The number of amides is 2. The maximum Gasteiger partial charge on any atom is 0.270 e. The van der Waals surface area contributed by atoms with Crippen LogP contribution in [0.2, 0.25) is 0 Å². The summed E-state index contributed by atoms with van der Waals surface area (Å²) in [4.78, 5) is 35.8. The number of nitro benzene ring substituents is 1. The van der Waals surface area contributed by atoms with Gasteiger partial charge in [0.25, 0.3) is 11.6 Å². The summed E-state index contributed by atoms with van der Waals surface area (Å²) < 4.78 is 10.7. The monoisotopic (exact) mass is 465 g/mol. The van der Waals surface area contributed by atoms with Gasteiger partial charge in [0.2, 0.25) is 12.7 Å². The first-order valence-electron chi connectivity index (χ1n) is 9.86. The molecule has 3 N–H and O–H groups in total. The summed E-state index contributed by atoms with van der Waals surface area (Å²) in [5.74, 6) is 0.221. The fourth-order valence-corrected chi connectivity index (χ4v) is 4.67. The van der Waals surface area contributed by atoms with E-state index in [-0.39, 0.29) is 18.0 Å². The summed E-state index contributed by atoms with van der Waals surface area (Å²) >= 11 is 1.27. The van der Waals surface area contributed by atoms with Crippen molar-refractivity contribution in [1.82, 2.24) is 0 Å². The Kier molecular flexibility index (Phi) is 6.09. The van der Waals surface area contributed by atoms with E-state index in [1.807, 2.05) is 18.2 Å². The lowest BCUT2D eigenvalue weighted by Gasteiger charge is -2.03. The van der Waals surface area contributed by atoms with Crippen molar-refractivity contribution in [2.45, 2.75) is 13.3 Å². The van der Waals surface area contributed by atoms with Crippen LogP contribution in [0.5, 0.6) is 11.5 Å². The first-order chi connectivity index (χ1) is 15.8. The van der Waals surface area contributed by atoms with Crippen molar-refractivity contribution in [3.05, 3.63) is 85.8 Å². The van der Waals surface area contributed by atoms with Gasteiger partial charge in [-0.05, 0) is 41.8 Å². The van der Waals surface area contributed by atoms with Gasteiger partial charge in [0.1, 0.15) is 5.00 Å². The van der Waals surface area contributed by atoms with Crippen molar-refractivity contribution >= 4 is 39.9 Å². The van der Waals surface area contributed by atoms with Crippen molar-refractivity contribution in [2.24, 2.45) is 5.73 Å². The van der Waals surface area contributed by atoms with E-state index in [0.29, 0.717) is 34.0 Å². The zero-order chi connectivity index (χ0) is 23.5. The summed E-state index contributed by atoms with van der Waals surface area (Å²) in [7, 11) is 0. The van der Waals surface area contributed by atoms with E-state index in [2.05, 4.69) is 5.32 Å². The fourth-order valence-electron chi connectivity index (χ4n) is 3.42. The molecule has 9 nitrogen and oxygen atoms in total. The molecule has 1 aromatic heterocycles. The van der Waals surface area contributed by atoms with Gasteiger partial charge in [-0.2, -0.15) is 0 Å². The highest BCUT2D eigenvalue weighted by Crippen LogP contribution is 2.37. The van der Waals surface area contributed by atoms with E-state index in [9.17, 15) is 19.7 Å². The van der Waals surface area contributed by atoms with Crippen LogP contribution in [0.25, 0.3) is 6.08 Å². The Morgan fingerprint density at radius 2 is 2.00 bits per heavy atom. The molecule has 3 aromatic rings. The van der Waals surface area contributed by atoms with Gasteiger partial charge in [-0.1, -0.05) is 18.2 Å². The second-order valence-electron chi connectivity index (χ2n) is 7.26. The fraction of sp³-hybridized carbons (Fsp3) is 0.130. The van der Waals surface area contributed by atoms with Crippen molar-refractivity contribution in [1.29, 1.82) is 0 Å². The molecule has 0 fully saturated rings. The number of rotatable bonds is 7. The second-order valence-corrected chi connectivity index (χ2v) is 8.36. The van der Waals surface area contributed by atoms with Crippen LogP contribution in [0.3, 0.4) is 0 Å². The maximum atomic E-state index is 12.5. The molecule has 0 bridgehead atoms. The molecule has 0 spiro atoms. The lowest BCUT2D eigenvalue weighted by molar-refractivity contribution is -0.384. The Bertz CT molecular complexity index is 1300. The van der Waals surface area contributed by atoms with Gasteiger partial charge in [-0.3, -0.25) is 19.7 Å². The van der Waals surface area contributed by atoms with Gasteiger partial charge in [0, 0.05) is 29.5 Å². The Labute approximate surface area is 192 Å².